The van der Waals surface area contributed by atoms with Crippen molar-refractivity contribution in [2.75, 3.05) is 14.2 Å². The van der Waals surface area contributed by atoms with Crippen LogP contribution in [-0.4, -0.2) is 40.5 Å². The maximum atomic E-state index is 11.9. The van der Waals surface area contributed by atoms with Gasteiger partial charge < -0.3 is 19.0 Å². The Morgan fingerprint density at radius 3 is 2.47 bits per heavy atom. The highest BCUT2D eigenvalue weighted by atomic mass is 35.5. The van der Waals surface area contributed by atoms with Crippen molar-refractivity contribution in [1.82, 2.24) is 15.2 Å². The Bertz CT molecular complexity index is 1360. The largest absolute Gasteiger partial charge is 0.497 e. The van der Waals surface area contributed by atoms with Crippen LogP contribution in [-0.2, 0) is 4.79 Å². The monoisotopic (exact) mass is 517 g/mol. The number of hydrogen-bond donors (Lipinski definition) is 2. The Hall–Kier alpha value is -3.40. The zero-order chi connectivity index (χ0) is 24.2. The van der Waals surface area contributed by atoms with Gasteiger partial charge in [0.1, 0.15) is 27.9 Å². The molecule has 0 atom stereocenters. The molecule has 0 bridgehead atoms. The first-order valence-electron chi connectivity index (χ1n) is 9.70. The first kappa shape index (κ1) is 23.7. The number of aliphatic carboxylic acids is 1. The van der Waals surface area contributed by atoms with Crippen molar-refractivity contribution in [3.63, 3.8) is 0 Å². The van der Waals surface area contributed by atoms with Gasteiger partial charge in [0.25, 0.3) is 0 Å². The number of furan rings is 1. The second-order valence-electron chi connectivity index (χ2n) is 6.81. The van der Waals surface area contributed by atoms with Gasteiger partial charge >= 0.3 is 5.97 Å². The highest BCUT2D eigenvalue weighted by molar-refractivity contribution is 8.04. The lowest BCUT2D eigenvalue weighted by molar-refractivity contribution is -0.131. The summed E-state index contributed by atoms with van der Waals surface area (Å²) in [4.78, 5) is 16.2. The van der Waals surface area contributed by atoms with Crippen molar-refractivity contribution >= 4 is 47.0 Å². The number of aromatic amines is 1. The van der Waals surface area contributed by atoms with E-state index in [1.54, 1.807) is 62.8 Å². The summed E-state index contributed by atoms with van der Waals surface area (Å²) < 4.78 is 16.3. The lowest BCUT2D eigenvalue weighted by Crippen LogP contribution is -1.97. The Kier molecular flexibility index (Phi) is 7.16. The Morgan fingerprint density at radius 2 is 1.82 bits per heavy atom. The molecule has 0 spiro atoms. The quantitative estimate of drug-likeness (QED) is 0.207. The number of carboxylic acids is 1. The maximum absolute atomic E-state index is 11.9. The minimum atomic E-state index is -1.15. The van der Waals surface area contributed by atoms with Crippen molar-refractivity contribution in [2.45, 2.75) is 5.16 Å². The van der Waals surface area contributed by atoms with Crippen molar-refractivity contribution in [2.24, 2.45) is 0 Å². The third-order valence-corrected chi connectivity index (χ3v) is 6.02. The molecule has 0 fully saturated rings. The smallest absolute Gasteiger partial charge is 0.342 e. The van der Waals surface area contributed by atoms with Crippen LogP contribution in [0, 0.1) is 0 Å². The summed E-state index contributed by atoms with van der Waals surface area (Å²) in [5.41, 5.74) is 1.31. The molecule has 2 aromatic carbocycles. The number of nitrogens with zero attached hydrogens (tertiary/aromatic N) is 2. The third kappa shape index (κ3) is 5.39. The molecule has 0 aliphatic carbocycles. The first-order chi connectivity index (χ1) is 16.4. The van der Waals surface area contributed by atoms with Crippen LogP contribution in [0.4, 0.5) is 0 Å². The van der Waals surface area contributed by atoms with E-state index in [1.807, 2.05) is 0 Å². The summed E-state index contributed by atoms with van der Waals surface area (Å²) in [5.74, 6) is 1.26. The van der Waals surface area contributed by atoms with Gasteiger partial charge in [-0.05, 0) is 54.2 Å². The summed E-state index contributed by atoms with van der Waals surface area (Å²) in [5, 5.41) is 17.8. The van der Waals surface area contributed by atoms with E-state index in [1.165, 1.54) is 6.08 Å². The van der Waals surface area contributed by atoms with E-state index in [2.05, 4.69) is 15.2 Å². The van der Waals surface area contributed by atoms with Crippen molar-refractivity contribution < 1.29 is 23.8 Å². The van der Waals surface area contributed by atoms with E-state index >= 15 is 0 Å². The maximum Gasteiger partial charge on any atom is 0.342 e. The number of methoxy groups -OCH3 is 2. The number of nitrogens with one attached hydrogen (secondary N) is 1. The van der Waals surface area contributed by atoms with Gasteiger partial charge in [-0.2, -0.15) is 0 Å². The second kappa shape index (κ2) is 10.3. The standard InChI is InChI=1S/C23H17Cl2N3O5S/c1-31-15-7-12(8-16(10-15)32-2)21-26-23(28-27-21)34-20(22(29)30)11-14-4-6-19(33-14)17-5-3-13(24)9-18(17)25/h3-11H,1-2H3,(H,29,30)(H,26,27,28)/b20-11-. The average molecular weight is 518 g/mol. The van der Waals surface area contributed by atoms with Gasteiger partial charge in [0.15, 0.2) is 5.82 Å². The van der Waals surface area contributed by atoms with Crippen molar-refractivity contribution in [1.29, 1.82) is 0 Å². The summed E-state index contributed by atoms with van der Waals surface area (Å²) in [7, 11) is 3.09. The molecule has 34 heavy (non-hydrogen) atoms. The summed E-state index contributed by atoms with van der Waals surface area (Å²) in [6.07, 6.45) is 1.39. The molecule has 11 heteroatoms. The lowest BCUT2D eigenvalue weighted by atomic mass is 10.2. The fourth-order valence-electron chi connectivity index (χ4n) is 2.99. The molecule has 0 aliphatic heterocycles. The van der Waals surface area contributed by atoms with Crippen LogP contribution in [0.15, 0.2) is 63.0 Å². The lowest BCUT2D eigenvalue weighted by Gasteiger charge is -2.06. The molecular weight excluding hydrogens is 501 g/mol. The molecular formula is C23H17Cl2N3O5S. The first-order valence-corrected chi connectivity index (χ1v) is 11.3. The van der Waals surface area contributed by atoms with E-state index in [0.717, 1.165) is 11.8 Å². The fraction of sp³-hybridized carbons (Fsp3) is 0.0870. The van der Waals surface area contributed by atoms with Crippen molar-refractivity contribution in [3.05, 3.63) is 69.2 Å². The van der Waals surface area contributed by atoms with E-state index in [9.17, 15) is 9.90 Å². The molecule has 0 aliphatic rings. The summed E-state index contributed by atoms with van der Waals surface area (Å²) in [6, 6.07) is 13.6. The number of hydrogen-bond acceptors (Lipinski definition) is 7. The third-order valence-electron chi connectivity index (χ3n) is 4.60. The normalized spacial score (nSPS) is 11.5. The van der Waals surface area contributed by atoms with Crippen LogP contribution in [0.25, 0.3) is 28.8 Å². The summed E-state index contributed by atoms with van der Waals surface area (Å²) in [6.45, 7) is 0. The molecule has 0 radical (unpaired) electrons. The number of aromatic nitrogens is 3. The number of carboxylic acid groups (broad SMARTS) is 1. The van der Waals surface area contributed by atoms with Crippen LogP contribution in [0.3, 0.4) is 0 Å². The van der Waals surface area contributed by atoms with Crippen LogP contribution in [0.5, 0.6) is 11.5 Å². The number of ether oxygens (including phenoxy) is 2. The zero-order valence-electron chi connectivity index (χ0n) is 17.8. The number of halogens is 2. The molecule has 174 valence electrons. The van der Waals surface area contributed by atoms with Crippen LogP contribution in [0.1, 0.15) is 5.76 Å². The SMILES string of the molecule is COc1cc(OC)cc(-c2nc(S/C(=C\c3ccc(-c4ccc(Cl)cc4Cl)o3)C(=O)O)n[nH]2)c1. The van der Waals surface area contributed by atoms with Gasteiger partial charge in [0.05, 0.1) is 19.2 Å². The number of thioether (sulfide) groups is 1. The van der Waals surface area contributed by atoms with E-state index in [-0.39, 0.29) is 10.1 Å². The van der Waals surface area contributed by atoms with Crippen LogP contribution in [0.2, 0.25) is 10.0 Å². The molecule has 2 N–H and O–H groups in total. The zero-order valence-corrected chi connectivity index (χ0v) is 20.2. The summed E-state index contributed by atoms with van der Waals surface area (Å²) >= 11 is 13.1. The number of benzene rings is 2. The molecule has 4 rings (SSSR count). The minimum Gasteiger partial charge on any atom is -0.497 e. The minimum absolute atomic E-state index is 0.0307. The molecule has 2 heterocycles. The Balaban J connectivity index is 1.58. The number of H-pyrrole nitrogens is 1. The number of rotatable bonds is 8. The van der Waals surface area contributed by atoms with Gasteiger partial charge in [-0.15, -0.1) is 5.10 Å². The molecule has 8 nitrogen and oxygen atoms in total. The Morgan fingerprint density at radius 1 is 1.09 bits per heavy atom. The van der Waals surface area contributed by atoms with Crippen LogP contribution < -0.4 is 9.47 Å². The number of carbonyl (C=O) groups is 1. The average Bonchev–Trinajstić information content (AvgIpc) is 3.48. The Labute approximate surface area is 208 Å². The second-order valence-corrected chi connectivity index (χ2v) is 8.66. The molecule has 0 saturated heterocycles. The van der Waals surface area contributed by atoms with E-state index in [0.29, 0.717) is 50.0 Å². The van der Waals surface area contributed by atoms with E-state index in [4.69, 9.17) is 37.1 Å². The fourth-order valence-corrected chi connectivity index (χ4v) is 4.18. The molecule has 0 unspecified atom stereocenters. The van der Waals surface area contributed by atoms with Crippen molar-refractivity contribution in [3.8, 4) is 34.2 Å². The van der Waals surface area contributed by atoms with Gasteiger partial charge in [-0.1, -0.05) is 23.2 Å². The predicted octanol–water partition coefficient (Wildman–Crippen LogP) is 6.27. The molecule has 0 amide bonds. The topological polar surface area (TPSA) is 110 Å². The highest BCUT2D eigenvalue weighted by Crippen LogP contribution is 2.34. The van der Waals surface area contributed by atoms with Gasteiger partial charge in [-0.25, -0.2) is 9.78 Å². The van der Waals surface area contributed by atoms with Gasteiger partial charge in [-0.3, -0.25) is 5.10 Å². The molecule has 2 aromatic heterocycles. The van der Waals surface area contributed by atoms with Gasteiger partial charge in [0, 0.05) is 28.3 Å². The predicted molar refractivity (Wildman–Crippen MR) is 131 cm³/mol. The van der Waals surface area contributed by atoms with Gasteiger partial charge in [0.2, 0.25) is 5.16 Å². The van der Waals surface area contributed by atoms with Crippen LogP contribution >= 0.6 is 35.0 Å². The highest BCUT2D eigenvalue weighted by Gasteiger charge is 2.17. The molecule has 4 aromatic rings. The molecule has 0 saturated carbocycles. The van der Waals surface area contributed by atoms with E-state index < -0.39 is 5.97 Å².